The SMILES string of the molecule is Nc1ccc(F)c(-c2nnnn2-c2ccccc2Br)c1. The predicted octanol–water partition coefficient (Wildman–Crippen LogP) is 2.81. The lowest BCUT2D eigenvalue weighted by Gasteiger charge is -2.07. The van der Waals surface area contributed by atoms with Gasteiger partial charge < -0.3 is 5.73 Å². The van der Waals surface area contributed by atoms with E-state index in [0.29, 0.717) is 17.2 Å². The molecule has 0 bridgehead atoms. The second kappa shape index (κ2) is 5.01. The van der Waals surface area contributed by atoms with Crippen molar-refractivity contribution in [2.45, 2.75) is 0 Å². The molecular formula is C13H9BrFN5. The van der Waals surface area contributed by atoms with Gasteiger partial charge in [0.15, 0.2) is 5.82 Å². The van der Waals surface area contributed by atoms with Gasteiger partial charge in [0, 0.05) is 10.2 Å². The average Bonchev–Trinajstić information content (AvgIpc) is 2.91. The molecule has 7 heteroatoms. The molecule has 2 N–H and O–H groups in total. The summed E-state index contributed by atoms with van der Waals surface area (Å²) < 4.78 is 16.2. The number of nitrogens with zero attached hydrogens (tertiary/aromatic N) is 4. The molecular weight excluding hydrogens is 325 g/mol. The van der Waals surface area contributed by atoms with Gasteiger partial charge in [-0.3, -0.25) is 0 Å². The van der Waals surface area contributed by atoms with Gasteiger partial charge in [-0.1, -0.05) is 12.1 Å². The molecule has 0 saturated heterocycles. The maximum Gasteiger partial charge on any atom is 0.190 e. The Morgan fingerprint density at radius 2 is 1.95 bits per heavy atom. The highest BCUT2D eigenvalue weighted by molar-refractivity contribution is 9.10. The van der Waals surface area contributed by atoms with Crippen LogP contribution < -0.4 is 5.73 Å². The van der Waals surface area contributed by atoms with Gasteiger partial charge in [-0.25, -0.2) is 4.39 Å². The van der Waals surface area contributed by atoms with E-state index in [9.17, 15) is 4.39 Å². The molecule has 0 aliphatic heterocycles. The molecule has 0 fully saturated rings. The fourth-order valence-corrected chi connectivity index (χ4v) is 2.31. The number of para-hydroxylation sites is 1. The summed E-state index contributed by atoms with van der Waals surface area (Å²) in [7, 11) is 0. The van der Waals surface area contributed by atoms with Crippen LogP contribution in [0.25, 0.3) is 17.1 Å². The van der Waals surface area contributed by atoms with Crippen molar-refractivity contribution in [1.29, 1.82) is 0 Å². The van der Waals surface area contributed by atoms with E-state index in [2.05, 4.69) is 31.5 Å². The first-order valence-electron chi connectivity index (χ1n) is 5.75. The van der Waals surface area contributed by atoms with Gasteiger partial charge in [0.2, 0.25) is 0 Å². The normalized spacial score (nSPS) is 10.7. The Hall–Kier alpha value is -2.28. The van der Waals surface area contributed by atoms with Crippen molar-refractivity contribution >= 4 is 21.6 Å². The number of anilines is 1. The first-order chi connectivity index (χ1) is 9.66. The van der Waals surface area contributed by atoms with Crippen molar-refractivity contribution in [2.24, 2.45) is 0 Å². The highest BCUT2D eigenvalue weighted by Crippen LogP contribution is 2.27. The Kier molecular flexibility index (Phi) is 3.19. The van der Waals surface area contributed by atoms with Crippen LogP contribution in [0.1, 0.15) is 0 Å². The molecule has 20 heavy (non-hydrogen) atoms. The van der Waals surface area contributed by atoms with E-state index in [4.69, 9.17) is 5.73 Å². The summed E-state index contributed by atoms with van der Waals surface area (Å²) in [4.78, 5) is 0. The molecule has 0 radical (unpaired) electrons. The summed E-state index contributed by atoms with van der Waals surface area (Å²) in [6.07, 6.45) is 0. The number of aromatic nitrogens is 4. The maximum absolute atomic E-state index is 14.0. The quantitative estimate of drug-likeness (QED) is 0.732. The molecule has 1 heterocycles. The van der Waals surface area contributed by atoms with Crippen molar-refractivity contribution in [3.8, 4) is 17.1 Å². The Morgan fingerprint density at radius 1 is 1.15 bits per heavy atom. The lowest BCUT2D eigenvalue weighted by molar-refractivity contribution is 0.629. The molecule has 0 aliphatic carbocycles. The van der Waals surface area contributed by atoms with Gasteiger partial charge >= 0.3 is 0 Å². The lowest BCUT2D eigenvalue weighted by atomic mass is 10.1. The predicted molar refractivity (Wildman–Crippen MR) is 76.7 cm³/mol. The Bertz CT molecular complexity index is 771. The number of nitrogens with two attached hydrogens (primary N) is 1. The third kappa shape index (κ3) is 2.16. The zero-order valence-electron chi connectivity index (χ0n) is 10.2. The summed E-state index contributed by atoms with van der Waals surface area (Å²) in [5.41, 5.74) is 7.12. The molecule has 0 atom stereocenters. The van der Waals surface area contributed by atoms with Crippen LogP contribution >= 0.6 is 15.9 Å². The van der Waals surface area contributed by atoms with Crippen LogP contribution in [0, 0.1) is 5.82 Å². The summed E-state index contributed by atoms with van der Waals surface area (Å²) >= 11 is 3.42. The van der Waals surface area contributed by atoms with Crippen molar-refractivity contribution in [2.75, 3.05) is 5.73 Å². The number of hydrogen-bond acceptors (Lipinski definition) is 4. The summed E-state index contributed by atoms with van der Waals surface area (Å²) in [5, 5.41) is 11.4. The number of tetrazole rings is 1. The zero-order valence-corrected chi connectivity index (χ0v) is 11.7. The van der Waals surface area contributed by atoms with E-state index < -0.39 is 5.82 Å². The number of benzene rings is 2. The van der Waals surface area contributed by atoms with E-state index in [1.54, 1.807) is 0 Å². The summed E-state index contributed by atoms with van der Waals surface area (Å²) in [6, 6.07) is 11.7. The minimum absolute atomic E-state index is 0.255. The van der Waals surface area contributed by atoms with Crippen molar-refractivity contribution in [1.82, 2.24) is 20.2 Å². The largest absolute Gasteiger partial charge is 0.399 e. The molecule has 0 spiro atoms. The minimum Gasteiger partial charge on any atom is -0.399 e. The van der Waals surface area contributed by atoms with Crippen LogP contribution in [0.4, 0.5) is 10.1 Å². The average molecular weight is 334 g/mol. The molecule has 0 amide bonds. The van der Waals surface area contributed by atoms with Crippen LogP contribution in [0.15, 0.2) is 46.9 Å². The summed E-state index contributed by atoms with van der Waals surface area (Å²) in [6.45, 7) is 0. The standard InChI is InChI=1S/C13H9BrFN5/c14-10-3-1-2-4-12(10)20-13(17-18-19-20)9-7-8(16)5-6-11(9)15/h1-7H,16H2. The summed E-state index contributed by atoms with van der Waals surface area (Å²) in [5.74, 6) is -0.135. The highest BCUT2D eigenvalue weighted by Gasteiger charge is 2.16. The van der Waals surface area contributed by atoms with Crippen LogP contribution in [-0.4, -0.2) is 20.2 Å². The van der Waals surface area contributed by atoms with Crippen molar-refractivity contribution < 1.29 is 4.39 Å². The third-order valence-electron chi connectivity index (χ3n) is 2.78. The minimum atomic E-state index is -0.428. The van der Waals surface area contributed by atoms with Gasteiger partial charge in [-0.15, -0.1) is 5.10 Å². The van der Waals surface area contributed by atoms with Crippen LogP contribution in [-0.2, 0) is 0 Å². The van der Waals surface area contributed by atoms with Gasteiger partial charge in [0.25, 0.3) is 0 Å². The third-order valence-corrected chi connectivity index (χ3v) is 3.45. The Balaban J connectivity index is 2.21. The molecule has 2 aromatic carbocycles. The first-order valence-corrected chi connectivity index (χ1v) is 6.55. The zero-order chi connectivity index (χ0) is 14.1. The van der Waals surface area contributed by atoms with Crippen LogP contribution in [0.5, 0.6) is 0 Å². The number of nitrogen functional groups attached to an aromatic ring is 1. The van der Waals surface area contributed by atoms with Crippen LogP contribution in [0.2, 0.25) is 0 Å². The van der Waals surface area contributed by atoms with Gasteiger partial charge in [-0.05, 0) is 56.7 Å². The van der Waals surface area contributed by atoms with Gasteiger partial charge in [0.1, 0.15) is 5.82 Å². The Morgan fingerprint density at radius 3 is 2.75 bits per heavy atom. The molecule has 0 unspecified atom stereocenters. The Labute approximate surface area is 122 Å². The molecule has 3 aromatic rings. The van der Waals surface area contributed by atoms with E-state index in [-0.39, 0.29) is 5.56 Å². The molecule has 0 saturated carbocycles. The van der Waals surface area contributed by atoms with E-state index in [1.165, 1.54) is 22.9 Å². The van der Waals surface area contributed by atoms with E-state index in [0.717, 1.165) is 4.47 Å². The second-order valence-corrected chi connectivity index (χ2v) is 4.96. The van der Waals surface area contributed by atoms with E-state index >= 15 is 0 Å². The molecule has 100 valence electrons. The fraction of sp³-hybridized carbons (Fsp3) is 0. The monoisotopic (exact) mass is 333 g/mol. The number of halogens is 2. The second-order valence-electron chi connectivity index (χ2n) is 4.10. The number of hydrogen-bond donors (Lipinski definition) is 1. The molecule has 5 nitrogen and oxygen atoms in total. The van der Waals surface area contributed by atoms with Crippen LogP contribution in [0.3, 0.4) is 0 Å². The molecule has 0 aliphatic rings. The van der Waals surface area contributed by atoms with Crippen molar-refractivity contribution in [3.05, 3.63) is 52.8 Å². The lowest BCUT2D eigenvalue weighted by Crippen LogP contribution is -2.02. The maximum atomic E-state index is 14.0. The van der Waals surface area contributed by atoms with Gasteiger partial charge in [0.05, 0.1) is 11.3 Å². The smallest absolute Gasteiger partial charge is 0.190 e. The van der Waals surface area contributed by atoms with E-state index in [1.807, 2.05) is 24.3 Å². The molecule has 3 rings (SSSR count). The number of rotatable bonds is 2. The van der Waals surface area contributed by atoms with Crippen molar-refractivity contribution in [3.63, 3.8) is 0 Å². The highest BCUT2D eigenvalue weighted by atomic mass is 79.9. The van der Waals surface area contributed by atoms with Gasteiger partial charge in [-0.2, -0.15) is 4.68 Å². The molecule has 1 aromatic heterocycles. The topological polar surface area (TPSA) is 69.6 Å². The first kappa shape index (κ1) is 12.7. The fourth-order valence-electron chi connectivity index (χ4n) is 1.86.